The van der Waals surface area contributed by atoms with Gasteiger partial charge in [0.1, 0.15) is 0 Å². The molecule has 5 heteroatoms. The highest BCUT2D eigenvalue weighted by molar-refractivity contribution is 8.00. The number of para-hydroxylation sites is 1. The lowest BCUT2D eigenvalue weighted by Crippen LogP contribution is -2.24. The molecule has 110 valence electrons. The zero-order valence-corrected chi connectivity index (χ0v) is 14.0. The Balaban J connectivity index is 2.22. The van der Waals surface area contributed by atoms with Crippen LogP contribution in [0.1, 0.15) is 26.5 Å². The van der Waals surface area contributed by atoms with Gasteiger partial charge in [0.05, 0.1) is 16.3 Å². The Morgan fingerprint density at radius 3 is 2.71 bits per heavy atom. The fraction of sp³-hybridized carbons (Fsp3) is 0.375. The number of rotatable bonds is 3. The van der Waals surface area contributed by atoms with Crippen molar-refractivity contribution in [2.24, 2.45) is 0 Å². The first-order valence-electron chi connectivity index (χ1n) is 7.11. The summed E-state index contributed by atoms with van der Waals surface area (Å²) in [7, 11) is 0. The molecule has 1 aromatic heterocycles. The maximum absolute atomic E-state index is 12.9. The van der Waals surface area contributed by atoms with Crippen LogP contribution in [0.15, 0.2) is 45.2 Å². The van der Waals surface area contributed by atoms with Crippen LogP contribution in [-0.2, 0) is 6.42 Å². The van der Waals surface area contributed by atoms with Gasteiger partial charge in [0, 0.05) is 16.9 Å². The van der Waals surface area contributed by atoms with Crippen LogP contribution in [0.2, 0.25) is 0 Å². The zero-order chi connectivity index (χ0) is 15.0. The first-order chi connectivity index (χ1) is 10.1. The lowest BCUT2D eigenvalue weighted by Gasteiger charge is -2.14. The summed E-state index contributed by atoms with van der Waals surface area (Å²) in [5, 5.41) is 1.62. The van der Waals surface area contributed by atoms with E-state index in [4.69, 9.17) is 4.98 Å². The first-order valence-corrected chi connectivity index (χ1v) is 8.87. The van der Waals surface area contributed by atoms with E-state index in [0.29, 0.717) is 10.5 Å². The molecule has 0 radical (unpaired) electrons. The molecule has 1 aliphatic rings. The average molecular weight is 318 g/mol. The standard InChI is InChI=1S/C16H18N2OS2/c1-10(2)20-16-17-13-9-11(3)21-14(13)15(19)18(16)12-7-5-4-6-8-12/h4-8,10-11H,9H2,1-3H3/t11-/m1/s1. The summed E-state index contributed by atoms with van der Waals surface area (Å²) >= 11 is 3.29. The number of fused-ring (bicyclic) bond motifs is 1. The molecule has 2 aromatic rings. The molecule has 3 nitrogen and oxygen atoms in total. The van der Waals surface area contributed by atoms with E-state index < -0.39 is 0 Å². The Kier molecular flexibility index (Phi) is 4.13. The number of hydrogen-bond donors (Lipinski definition) is 0. The van der Waals surface area contributed by atoms with Crippen molar-refractivity contribution in [3.63, 3.8) is 0 Å². The quantitative estimate of drug-likeness (QED) is 0.637. The highest BCUT2D eigenvalue weighted by Crippen LogP contribution is 2.35. The van der Waals surface area contributed by atoms with E-state index in [0.717, 1.165) is 27.9 Å². The Hall–Kier alpha value is -1.20. The van der Waals surface area contributed by atoms with Crippen molar-refractivity contribution in [1.82, 2.24) is 9.55 Å². The lowest BCUT2D eigenvalue weighted by atomic mass is 10.2. The van der Waals surface area contributed by atoms with Crippen LogP contribution < -0.4 is 5.56 Å². The smallest absolute Gasteiger partial charge is 0.268 e. The van der Waals surface area contributed by atoms with Gasteiger partial charge in [-0.05, 0) is 12.1 Å². The minimum absolute atomic E-state index is 0.0729. The van der Waals surface area contributed by atoms with E-state index in [1.165, 1.54) is 0 Å². The van der Waals surface area contributed by atoms with Crippen LogP contribution in [0.3, 0.4) is 0 Å². The van der Waals surface area contributed by atoms with Crippen molar-refractivity contribution in [2.75, 3.05) is 0 Å². The minimum Gasteiger partial charge on any atom is -0.268 e. The fourth-order valence-electron chi connectivity index (χ4n) is 2.39. The molecular weight excluding hydrogens is 300 g/mol. The summed E-state index contributed by atoms with van der Waals surface area (Å²) in [6.45, 7) is 6.39. The van der Waals surface area contributed by atoms with Crippen molar-refractivity contribution < 1.29 is 0 Å². The molecule has 0 bridgehead atoms. The van der Waals surface area contributed by atoms with E-state index in [2.05, 4.69) is 20.8 Å². The fourth-order valence-corrected chi connectivity index (χ4v) is 4.37. The van der Waals surface area contributed by atoms with E-state index in [-0.39, 0.29) is 5.56 Å². The number of benzene rings is 1. The predicted molar refractivity (Wildman–Crippen MR) is 89.9 cm³/mol. The van der Waals surface area contributed by atoms with Crippen LogP contribution in [-0.4, -0.2) is 20.1 Å². The predicted octanol–water partition coefficient (Wildman–Crippen LogP) is 3.77. The van der Waals surface area contributed by atoms with Crippen molar-refractivity contribution in [2.45, 2.75) is 47.7 Å². The van der Waals surface area contributed by atoms with Crippen LogP contribution >= 0.6 is 23.5 Å². The van der Waals surface area contributed by atoms with E-state index in [9.17, 15) is 4.79 Å². The second-order valence-corrected chi connectivity index (χ2v) is 8.44. The molecule has 3 rings (SSSR count). The van der Waals surface area contributed by atoms with E-state index in [1.807, 2.05) is 30.3 Å². The van der Waals surface area contributed by atoms with Gasteiger partial charge in [-0.25, -0.2) is 4.98 Å². The summed E-state index contributed by atoms with van der Waals surface area (Å²) in [5.74, 6) is 0. The molecule has 0 saturated carbocycles. The first kappa shape index (κ1) is 14.7. The maximum Gasteiger partial charge on any atom is 0.272 e. The zero-order valence-electron chi connectivity index (χ0n) is 12.4. The summed E-state index contributed by atoms with van der Waals surface area (Å²) in [6, 6.07) is 9.79. The third-order valence-corrected chi connectivity index (χ3v) is 5.41. The van der Waals surface area contributed by atoms with E-state index in [1.54, 1.807) is 28.1 Å². The molecular formula is C16H18N2OS2. The van der Waals surface area contributed by atoms with Gasteiger partial charge >= 0.3 is 0 Å². The SMILES string of the molecule is CC(C)Sc1nc2c(c(=O)n1-c1ccccc1)S[C@H](C)C2. The van der Waals surface area contributed by atoms with Crippen LogP contribution in [0.4, 0.5) is 0 Å². The molecule has 0 unspecified atom stereocenters. The van der Waals surface area contributed by atoms with Gasteiger partial charge in [0.15, 0.2) is 5.16 Å². The van der Waals surface area contributed by atoms with Crippen LogP contribution in [0.25, 0.3) is 5.69 Å². The third kappa shape index (κ3) is 2.90. The Morgan fingerprint density at radius 1 is 1.33 bits per heavy atom. The van der Waals surface area contributed by atoms with Gasteiger partial charge in [-0.2, -0.15) is 0 Å². The molecule has 0 aliphatic carbocycles. The normalized spacial score (nSPS) is 17.2. The monoisotopic (exact) mass is 318 g/mol. The molecule has 0 N–H and O–H groups in total. The Morgan fingerprint density at radius 2 is 2.05 bits per heavy atom. The van der Waals surface area contributed by atoms with Gasteiger partial charge in [-0.15, -0.1) is 11.8 Å². The van der Waals surface area contributed by atoms with Crippen LogP contribution in [0, 0.1) is 0 Å². The van der Waals surface area contributed by atoms with Crippen molar-refractivity contribution >= 4 is 23.5 Å². The number of nitrogens with zero attached hydrogens (tertiary/aromatic N) is 2. The average Bonchev–Trinajstić information content (AvgIpc) is 2.80. The lowest BCUT2D eigenvalue weighted by molar-refractivity contribution is 0.729. The molecule has 21 heavy (non-hydrogen) atoms. The molecule has 1 atom stereocenters. The van der Waals surface area contributed by atoms with Gasteiger partial charge in [-0.1, -0.05) is 50.7 Å². The van der Waals surface area contributed by atoms with Crippen molar-refractivity contribution in [3.8, 4) is 5.69 Å². The molecule has 0 spiro atoms. The number of aromatic nitrogens is 2. The van der Waals surface area contributed by atoms with Gasteiger partial charge in [0.2, 0.25) is 0 Å². The van der Waals surface area contributed by atoms with E-state index >= 15 is 0 Å². The maximum atomic E-state index is 12.9. The number of hydrogen-bond acceptors (Lipinski definition) is 4. The summed E-state index contributed by atoms with van der Waals surface area (Å²) in [6.07, 6.45) is 0.885. The second kappa shape index (κ2) is 5.89. The molecule has 0 fully saturated rings. The van der Waals surface area contributed by atoms with Gasteiger partial charge in [0.25, 0.3) is 5.56 Å². The highest BCUT2D eigenvalue weighted by Gasteiger charge is 2.26. The highest BCUT2D eigenvalue weighted by atomic mass is 32.2. The number of thioether (sulfide) groups is 2. The summed E-state index contributed by atoms with van der Waals surface area (Å²) in [4.78, 5) is 18.5. The molecule has 0 saturated heterocycles. The van der Waals surface area contributed by atoms with Crippen molar-refractivity contribution in [3.05, 3.63) is 46.4 Å². The molecule has 1 aromatic carbocycles. The van der Waals surface area contributed by atoms with Crippen LogP contribution in [0.5, 0.6) is 0 Å². The Labute approximate surface area is 133 Å². The molecule has 0 amide bonds. The van der Waals surface area contributed by atoms with Crippen molar-refractivity contribution in [1.29, 1.82) is 0 Å². The molecule has 2 heterocycles. The van der Waals surface area contributed by atoms with Gasteiger partial charge < -0.3 is 0 Å². The third-order valence-electron chi connectivity index (χ3n) is 3.24. The second-order valence-electron chi connectivity index (χ2n) is 5.45. The summed E-state index contributed by atoms with van der Waals surface area (Å²) < 4.78 is 1.76. The molecule has 1 aliphatic heterocycles. The minimum atomic E-state index is 0.0729. The summed E-state index contributed by atoms with van der Waals surface area (Å²) in [5.41, 5.74) is 1.93. The largest absolute Gasteiger partial charge is 0.272 e. The Bertz CT molecular complexity index is 710. The topological polar surface area (TPSA) is 34.9 Å². The van der Waals surface area contributed by atoms with Gasteiger partial charge in [-0.3, -0.25) is 9.36 Å².